The highest BCUT2D eigenvalue weighted by Crippen LogP contribution is 2.24. The van der Waals surface area contributed by atoms with E-state index in [2.05, 4.69) is 20.4 Å². The molecule has 0 saturated heterocycles. The Kier molecular flexibility index (Phi) is 3.96. The summed E-state index contributed by atoms with van der Waals surface area (Å²) in [5.41, 5.74) is 2.53. The van der Waals surface area contributed by atoms with Crippen molar-refractivity contribution in [3.05, 3.63) is 41.3 Å². The van der Waals surface area contributed by atoms with E-state index in [1.54, 1.807) is 17.8 Å². The number of aliphatic hydroxyl groups excluding tert-OH is 1. The Morgan fingerprint density at radius 2 is 2.18 bits per heavy atom. The van der Waals surface area contributed by atoms with Gasteiger partial charge in [0.05, 0.1) is 23.4 Å². The maximum Gasteiger partial charge on any atom is 0.168 e. The van der Waals surface area contributed by atoms with Crippen molar-refractivity contribution in [2.75, 3.05) is 11.9 Å². The molecule has 2 aromatic heterocycles. The van der Waals surface area contributed by atoms with Crippen molar-refractivity contribution in [3.63, 3.8) is 0 Å². The predicted molar refractivity (Wildman–Crippen MR) is 86.6 cm³/mol. The molecule has 0 radical (unpaired) electrons. The van der Waals surface area contributed by atoms with Gasteiger partial charge in [-0.25, -0.2) is 14.6 Å². The third-order valence-electron chi connectivity index (χ3n) is 3.33. The van der Waals surface area contributed by atoms with Gasteiger partial charge in [0.1, 0.15) is 12.1 Å². The minimum Gasteiger partial charge on any atom is -0.392 e. The van der Waals surface area contributed by atoms with Gasteiger partial charge in [0.15, 0.2) is 5.65 Å². The van der Waals surface area contributed by atoms with E-state index >= 15 is 0 Å². The number of rotatable bonds is 4. The molecule has 22 heavy (non-hydrogen) atoms. The van der Waals surface area contributed by atoms with E-state index in [4.69, 9.17) is 11.6 Å². The number of aryl methyl sites for hydroxylation is 1. The second kappa shape index (κ2) is 5.90. The van der Waals surface area contributed by atoms with Gasteiger partial charge in [0.2, 0.25) is 0 Å². The molecule has 2 N–H and O–H groups in total. The van der Waals surface area contributed by atoms with E-state index in [1.807, 2.05) is 25.1 Å². The SMILES string of the molecule is Cc1ccc(-n2ncc3c(NC[C@H](C)O)ncnc32)cc1Cl. The summed E-state index contributed by atoms with van der Waals surface area (Å²) in [5.74, 6) is 0.648. The number of nitrogens with zero attached hydrogens (tertiary/aromatic N) is 4. The Morgan fingerprint density at radius 1 is 1.36 bits per heavy atom. The number of aliphatic hydroxyl groups is 1. The normalized spacial score (nSPS) is 12.5. The van der Waals surface area contributed by atoms with Crippen molar-refractivity contribution in [1.29, 1.82) is 0 Å². The molecule has 0 aliphatic carbocycles. The van der Waals surface area contributed by atoms with Gasteiger partial charge in [-0.3, -0.25) is 0 Å². The fraction of sp³-hybridized carbons (Fsp3) is 0.267. The van der Waals surface area contributed by atoms with Gasteiger partial charge in [0, 0.05) is 11.6 Å². The van der Waals surface area contributed by atoms with Crippen molar-refractivity contribution < 1.29 is 5.11 Å². The zero-order valence-corrected chi connectivity index (χ0v) is 13.0. The summed E-state index contributed by atoms with van der Waals surface area (Å²) in [5, 5.41) is 18.3. The lowest BCUT2D eigenvalue weighted by Crippen LogP contribution is -2.16. The van der Waals surface area contributed by atoms with Crippen molar-refractivity contribution >= 4 is 28.5 Å². The molecule has 1 atom stereocenters. The number of benzene rings is 1. The Hall–Kier alpha value is -2.18. The lowest BCUT2D eigenvalue weighted by Gasteiger charge is -2.08. The van der Waals surface area contributed by atoms with Crippen molar-refractivity contribution in [3.8, 4) is 5.69 Å². The van der Waals surface area contributed by atoms with Crippen LogP contribution in [0.15, 0.2) is 30.7 Å². The van der Waals surface area contributed by atoms with E-state index in [0.717, 1.165) is 16.6 Å². The average Bonchev–Trinajstić information content (AvgIpc) is 2.92. The zero-order chi connectivity index (χ0) is 15.7. The fourth-order valence-electron chi connectivity index (χ4n) is 2.13. The molecule has 0 bridgehead atoms. The van der Waals surface area contributed by atoms with Gasteiger partial charge in [-0.15, -0.1) is 0 Å². The molecule has 0 amide bonds. The molecular weight excluding hydrogens is 302 g/mol. The van der Waals surface area contributed by atoms with Crippen LogP contribution in [0.25, 0.3) is 16.7 Å². The van der Waals surface area contributed by atoms with Gasteiger partial charge in [-0.05, 0) is 31.5 Å². The average molecular weight is 318 g/mol. The first kappa shape index (κ1) is 14.7. The topological polar surface area (TPSA) is 75.9 Å². The molecule has 7 heteroatoms. The van der Waals surface area contributed by atoms with Gasteiger partial charge >= 0.3 is 0 Å². The van der Waals surface area contributed by atoms with E-state index < -0.39 is 6.10 Å². The fourth-order valence-corrected chi connectivity index (χ4v) is 2.31. The molecule has 0 aliphatic rings. The molecular formula is C15H16ClN5O. The van der Waals surface area contributed by atoms with Crippen LogP contribution >= 0.6 is 11.6 Å². The van der Waals surface area contributed by atoms with Crippen LogP contribution in [0.4, 0.5) is 5.82 Å². The second-order valence-corrected chi connectivity index (χ2v) is 5.59. The predicted octanol–water partition coefficient (Wildman–Crippen LogP) is 2.57. The Labute approximate surface area is 132 Å². The summed E-state index contributed by atoms with van der Waals surface area (Å²) in [6.45, 7) is 4.07. The van der Waals surface area contributed by atoms with Gasteiger partial charge < -0.3 is 10.4 Å². The molecule has 0 aliphatic heterocycles. The number of aromatic nitrogens is 4. The molecule has 0 spiro atoms. The Morgan fingerprint density at radius 3 is 2.91 bits per heavy atom. The van der Waals surface area contributed by atoms with E-state index in [1.165, 1.54) is 6.33 Å². The lowest BCUT2D eigenvalue weighted by molar-refractivity contribution is 0.208. The van der Waals surface area contributed by atoms with E-state index in [-0.39, 0.29) is 0 Å². The Bertz CT molecular complexity index is 815. The molecule has 1 aromatic carbocycles. The number of halogens is 1. The number of anilines is 1. The number of hydrogen-bond acceptors (Lipinski definition) is 5. The number of hydrogen-bond donors (Lipinski definition) is 2. The van der Waals surface area contributed by atoms with Crippen LogP contribution in [-0.2, 0) is 0 Å². The third kappa shape index (κ3) is 2.75. The summed E-state index contributed by atoms with van der Waals surface area (Å²) in [6.07, 6.45) is 2.71. The molecule has 0 fully saturated rings. The highest BCUT2D eigenvalue weighted by molar-refractivity contribution is 6.31. The van der Waals surface area contributed by atoms with Gasteiger partial charge in [0.25, 0.3) is 0 Å². The number of fused-ring (bicyclic) bond motifs is 1. The van der Waals surface area contributed by atoms with Crippen LogP contribution in [0.3, 0.4) is 0 Å². The molecule has 114 valence electrons. The molecule has 3 aromatic rings. The maximum absolute atomic E-state index is 9.38. The maximum atomic E-state index is 9.38. The highest BCUT2D eigenvalue weighted by Gasteiger charge is 2.12. The second-order valence-electron chi connectivity index (χ2n) is 5.18. The first-order valence-corrected chi connectivity index (χ1v) is 7.31. The monoisotopic (exact) mass is 317 g/mol. The molecule has 0 saturated carbocycles. The van der Waals surface area contributed by atoms with Crippen molar-refractivity contribution in [2.45, 2.75) is 20.0 Å². The van der Waals surface area contributed by atoms with E-state index in [9.17, 15) is 5.11 Å². The number of nitrogens with one attached hydrogen (secondary N) is 1. The smallest absolute Gasteiger partial charge is 0.168 e. The van der Waals surface area contributed by atoms with Crippen molar-refractivity contribution in [2.24, 2.45) is 0 Å². The van der Waals surface area contributed by atoms with Crippen molar-refractivity contribution in [1.82, 2.24) is 19.7 Å². The Balaban J connectivity index is 2.05. The minimum atomic E-state index is -0.462. The largest absolute Gasteiger partial charge is 0.392 e. The van der Waals surface area contributed by atoms with Crippen LogP contribution in [0.2, 0.25) is 5.02 Å². The summed E-state index contributed by atoms with van der Waals surface area (Å²) in [7, 11) is 0. The van der Waals surface area contributed by atoms with Crippen LogP contribution in [0.5, 0.6) is 0 Å². The first-order chi connectivity index (χ1) is 10.6. The molecule has 3 rings (SSSR count). The van der Waals surface area contributed by atoms with Crippen LogP contribution in [0.1, 0.15) is 12.5 Å². The van der Waals surface area contributed by atoms with Crippen LogP contribution < -0.4 is 5.32 Å². The molecule has 0 unspecified atom stereocenters. The standard InChI is InChI=1S/C15H16ClN5O/c1-9-3-4-11(5-13(9)16)21-15-12(7-20-21)14(18-8-19-15)17-6-10(2)22/h3-5,7-8,10,22H,6H2,1-2H3,(H,17,18,19)/t10-/m0/s1. The molecule has 2 heterocycles. The summed E-state index contributed by atoms with van der Waals surface area (Å²) >= 11 is 6.18. The zero-order valence-electron chi connectivity index (χ0n) is 12.3. The summed E-state index contributed by atoms with van der Waals surface area (Å²) in [4.78, 5) is 8.51. The minimum absolute atomic E-state index is 0.410. The van der Waals surface area contributed by atoms with Crippen LogP contribution in [-0.4, -0.2) is 37.5 Å². The van der Waals surface area contributed by atoms with Crippen LogP contribution in [0, 0.1) is 6.92 Å². The highest BCUT2D eigenvalue weighted by atomic mass is 35.5. The summed E-state index contributed by atoms with van der Waals surface area (Å²) in [6, 6.07) is 5.74. The van der Waals surface area contributed by atoms with Gasteiger partial charge in [-0.1, -0.05) is 17.7 Å². The quantitative estimate of drug-likeness (QED) is 0.773. The van der Waals surface area contributed by atoms with E-state index in [0.29, 0.717) is 23.0 Å². The third-order valence-corrected chi connectivity index (χ3v) is 3.74. The molecule has 6 nitrogen and oxygen atoms in total. The first-order valence-electron chi connectivity index (χ1n) is 6.93. The lowest BCUT2D eigenvalue weighted by atomic mass is 10.2. The summed E-state index contributed by atoms with van der Waals surface area (Å²) < 4.78 is 1.72. The van der Waals surface area contributed by atoms with Gasteiger partial charge in [-0.2, -0.15) is 5.10 Å².